The molecule has 0 radical (unpaired) electrons. The molecule has 1 atom stereocenters. The fourth-order valence-corrected chi connectivity index (χ4v) is 3.15. The molecule has 1 amide bonds. The molecule has 2 aliphatic rings. The number of H-pyrrole nitrogens is 1. The highest BCUT2D eigenvalue weighted by Gasteiger charge is 2.22. The van der Waals surface area contributed by atoms with Gasteiger partial charge in [-0.25, -0.2) is 0 Å². The fraction of sp³-hybridized carbons (Fsp3) is 0.733. The largest absolute Gasteiger partial charge is 0.378 e. The molecule has 22 heavy (non-hydrogen) atoms. The zero-order chi connectivity index (χ0) is 14.5. The van der Waals surface area contributed by atoms with Crippen molar-refractivity contribution in [2.24, 2.45) is 0 Å². The lowest BCUT2D eigenvalue weighted by Crippen LogP contribution is -2.48. The second kappa shape index (κ2) is 8.50. The normalized spacial score (nSPS) is 23.4. The molecule has 0 bridgehead atoms. The number of nitrogens with one attached hydrogen (secondary N) is 3. The number of aromatic amines is 1. The molecule has 1 aliphatic carbocycles. The minimum Gasteiger partial charge on any atom is -0.378 e. The molecule has 1 aromatic rings. The number of hydrogen-bond acceptors (Lipinski definition) is 4. The van der Waals surface area contributed by atoms with Crippen molar-refractivity contribution in [3.05, 3.63) is 11.8 Å². The lowest BCUT2D eigenvalue weighted by atomic mass is 9.97. The molecule has 0 spiro atoms. The Morgan fingerprint density at radius 3 is 2.73 bits per heavy atom. The molecule has 1 unspecified atom stereocenters. The van der Waals surface area contributed by atoms with Gasteiger partial charge in [0, 0.05) is 24.2 Å². The van der Waals surface area contributed by atoms with Crippen LogP contribution in [0.15, 0.2) is 6.07 Å². The quantitative estimate of drug-likeness (QED) is 0.743. The maximum absolute atomic E-state index is 12.1. The molecule has 3 rings (SSSR count). The molecule has 1 saturated carbocycles. The van der Waals surface area contributed by atoms with Crippen molar-refractivity contribution in [2.45, 2.75) is 50.5 Å². The summed E-state index contributed by atoms with van der Waals surface area (Å²) in [5.74, 6) is 1.10. The Morgan fingerprint density at radius 2 is 2.05 bits per heavy atom. The van der Waals surface area contributed by atoms with Gasteiger partial charge in [0.15, 0.2) is 5.82 Å². The van der Waals surface area contributed by atoms with Crippen LogP contribution in [0.4, 0.5) is 5.82 Å². The summed E-state index contributed by atoms with van der Waals surface area (Å²) in [6.45, 7) is 1.80. The Kier molecular flexibility index (Phi) is 6.67. The molecule has 1 aromatic heterocycles. The number of halogens is 1. The number of ether oxygens (including phenoxy) is 1. The SMILES string of the molecule is Cl.O=C(Nc1cc(C2CCCCCC2)[nH]n1)C1COCCN1. The zero-order valence-electron chi connectivity index (χ0n) is 12.8. The summed E-state index contributed by atoms with van der Waals surface area (Å²) >= 11 is 0. The van der Waals surface area contributed by atoms with Crippen LogP contribution < -0.4 is 10.6 Å². The third-order valence-electron chi connectivity index (χ3n) is 4.38. The summed E-state index contributed by atoms with van der Waals surface area (Å²) in [5.41, 5.74) is 1.15. The Hall–Kier alpha value is -1.11. The van der Waals surface area contributed by atoms with Gasteiger partial charge in [-0.15, -0.1) is 12.4 Å². The minimum atomic E-state index is -0.281. The lowest BCUT2D eigenvalue weighted by Gasteiger charge is -2.22. The van der Waals surface area contributed by atoms with Crippen LogP contribution >= 0.6 is 12.4 Å². The highest BCUT2D eigenvalue weighted by atomic mass is 35.5. The molecule has 0 aromatic carbocycles. The van der Waals surface area contributed by atoms with Crippen molar-refractivity contribution in [1.29, 1.82) is 0 Å². The standard InChI is InChI=1S/C15H24N4O2.ClH/c20-15(13-10-21-8-7-16-13)17-14-9-12(18-19-14)11-5-3-1-2-4-6-11;/h9,11,13,16H,1-8,10H2,(H2,17,18,19,20);1H. The van der Waals surface area contributed by atoms with Crippen molar-refractivity contribution in [3.8, 4) is 0 Å². The van der Waals surface area contributed by atoms with Crippen LogP contribution in [0.5, 0.6) is 0 Å². The number of anilines is 1. The second-order valence-corrected chi connectivity index (χ2v) is 5.97. The van der Waals surface area contributed by atoms with Gasteiger partial charge in [0.1, 0.15) is 6.04 Å². The van der Waals surface area contributed by atoms with E-state index in [9.17, 15) is 4.79 Å². The van der Waals surface area contributed by atoms with Crippen molar-refractivity contribution >= 4 is 24.1 Å². The highest BCUT2D eigenvalue weighted by molar-refractivity contribution is 5.94. The third-order valence-corrected chi connectivity index (χ3v) is 4.38. The van der Waals surface area contributed by atoms with Crippen LogP contribution in [-0.4, -0.2) is 41.9 Å². The predicted molar refractivity (Wildman–Crippen MR) is 87.5 cm³/mol. The lowest BCUT2D eigenvalue weighted by molar-refractivity contribution is -0.120. The molecule has 3 N–H and O–H groups in total. The van der Waals surface area contributed by atoms with Gasteiger partial charge in [-0.2, -0.15) is 5.10 Å². The number of aromatic nitrogens is 2. The van der Waals surface area contributed by atoms with Gasteiger partial charge < -0.3 is 15.4 Å². The molecule has 1 aliphatic heterocycles. The van der Waals surface area contributed by atoms with Gasteiger partial charge in [0.05, 0.1) is 13.2 Å². The zero-order valence-corrected chi connectivity index (χ0v) is 13.6. The van der Waals surface area contributed by atoms with E-state index in [-0.39, 0.29) is 24.4 Å². The molecule has 124 valence electrons. The van der Waals surface area contributed by atoms with Crippen molar-refractivity contribution in [2.75, 3.05) is 25.1 Å². The summed E-state index contributed by atoms with van der Waals surface area (Å²) in [4.78, 5) is 12.1. The summed E-state index contributed by atoms with van der Waals surface area (Å²) in [5, 5.41) is 13.3. The molecular formula is C15H25ClN4O2. The molecule has 1 saturated heterocycles. The van der Waals surface area contributed by atoms with Gasteiger partial charge in [-0.05, 0) is 12.8 Å². The van der Waals surface area contributed by atoms with Crippen LogP contribution in [0.1, 0.15) is 50.1 Å². The number of carbonyl (C=O) groups is 1. The topological polar surface area (TPSA) is 79.0 Å². The minimum absolute atomic E-state index is 0. The van der Waals surface area contributed by atoms with Crippen molar-refractivity contribution < 1.29 is 9.53 Å². The van der Waals surface area contributed by atoms with E-state index < -0.39 is 0 Å². The first-order chi connectivity index (χ1) is 10.3. The van der Waals surface area contributed by atoms with Crippen LogP contribution in [0, 0.1) is 0 Å². The highest BCUT2D eigenvalue weighted by Crippen LogP contribution is 2.31. The summed E-state index contributed by atoms with van der Waals surface area (Å²) in [6.07, 6.45) is 7.67. The van der Waals surface area contributed by atoms with Gasteiger partial charge in [0.2, 0.25) is 5.91 Å². The van der Waals surface area contributed by atoms with E-state index in [1.807, 2.05) is 6.07 Å². The van der Waals surface area contributed by atoms with E-state index in [1.165, 1.54) is 38.5 Å². The Labute approximate surface area is 137 Å². The average molecular weight is 329 g/mol. The van der Waals surface area contributed by atoms with Gasteiger partial charge in [-0.1, -0.05) is 25.7 Å². The molecule has 6 nitrogen and oxygen atoms in total. The smallest absolute Gasteiger partial charge is 0.245 e. The van der Waals surface area contributed by atoms with Gasteiger partial charge in [0.25, 0.3) is 0 Å². The summed E-state index contributed by atoms with van der Waals surface area (Å²) < 4.78 is 5.30. The van der Waals surface area contributed by atoms with E-state index in [2.05, 4.69) is 20.8 Å². The van der Waals surface area contributed by atoms with E-state index in [1.54, 1.807) is 0 Å². The van der Waals surface area contributed by atoms with E-state index in [4.69, 9.17) is 4.74 Å². The second-order valence-electron chi connectivity index (χ2n) is 5.97. The first kappa shape index (κ1) is 17.2. The van der Waals surface area contributed by atoms with Crippen molar-refractivity contribution in [1.82, 2.24) is 15.5 Å². The van der Waals surface area contributed by atoms with Gasteiger partial charge >= 0.3 is 0 Å². The molecule has 7 heteroatoms. The predicted octanol–water partition coefficient (Wildman–Crippen LogP) is 2.20. The first-order valence-electron chi connectivity index (χ1n) is 8.00. The first-order valence-corrected chi connectivity index (χ1v) is 8.00. The van der Waals surface area contributed by atoms with Gasteiger partial charge in [-0.3, -0.25) is 9.89 Å². The number of morpholine rings is 1. The number of carbonyl (C=O) groups excluding carboxylic acids is 1. The Morgan fingerprint density at radius 1 is 1.27 bits per heavy atom. The molecular weight excluding hydrogens is 304 g/mol. The van der Waals surface area contributed by atoms with Crippen LogP contribution in [-0.2, 0) is 9.53 Å². The summed E-state index contributed by atoms with van der Waals surface area (Å²) in [7, 11) is 0. The van der Waals surface area contributed by atoms with E-state index >= 15 is 0 Å². The maximum Gasteiger partial charge on any atom is 0.245 e. The fourth-order valence-electron chi connectivity index (χ4n) is 3.15. The summed E-state index contributed by atoms with van der Waals surface area (Å²) in [6, 6.07) is 1.70. The third kappa shape index (κ3) is 4.44. The number of hydrogen-bond donors (Lipinski definition) is 3. The number of nitrogens with zero attached hydrogens (tertiary/aromatic N) is 1. The van der Waals surface area contributed by atoms with Crippen LogP contribution in [0.25, 0.3) is 0 Å². The number of rotatable bonds is 3. The van der Waals surface area contributed by atoms with Crippen LogP contribution in [0.2, 0.25) is 0 Å². The van der Waals surface area contributed by atoms with Crippen molar-refractivity contribution in [3.63, 3.8) is 0 Å². The maximum atomic E-state index is 12.1. The number of amides is 1. The van der Waals surface area contributed by atoms with E-state index in [0.29, 0.717) is 31.5 Å². The molecule has 2 heterocycles. The Bertz CT molecular complexity index is 466. The molecule has 2 fully saturated rings. The monoisotopic (exact) mass is 328 g/mol. The van der Waals surface area contributed by atoms with E-state index in [0.717, 1.165) is 5.69 Å². The Balaban J connectivity index is 0.00000176. The van der Waals surface area contributed by atoms with Crippen LogP contribution in [0.3, 0.4) is 0 Å². The average Bonchev–Trinajstić information content (AvgIpc) is 2.81.